The van der Waals surface area contributed by atoms with E-state index in [4.69, 9.17) is 15.2 Å². The fourth-order valence-electron chi connectivity index (χ4n) is 4.61. The molecule has 2 heterocycles. The Morgan fingerprint density at radius 3 is 2.46 bits per heavy atom. The van der Waals surface area contributed by atoms with Crippen LogP contribution in [-0.2, 0) is 14.9 Å². The van der Waals surface area contributed by atoms with Gasteiger partial charge in [0.15, 0.2) is 10.8 Å². The van der Waals surface area contributed by atoms with Crippen LogP contribution in [0.25, 0.3) is 0 Å². The van der Waals surface area contributed by atoms with Crippen molar-refractivity contribution in [2.45, 2.75) is 31.3 Å². The lowest BCUT2D eigenvalue weighted by Gasteiger charge is -2.30. The summed E-state index contributed by atoms with van der Waals surface area (Å²) in [5.41, 5.74) is 3.55. The van der Waals surface area contributed by atoms with E-state index in [-0.39, 0.29) is 11.9 Å². The first-order valence-corrected chi connectivity index (χ1v) is 8.40. The molecule has 24 heavy (non-hydrogen) atoms. The molecule has 1 aromatic carbocycles. The highest BCUT2D eigenvalue weighted by Crippen LogP contribution is 2.85. The van der Waals surface area contributed by atoms with E-state index in [9.17, 15) is 10.5 Å². The van der Waals surface area contributed by atoms with Crippen LogP contribution in [0.2, 0.25) is 0 Å². The Hall–Kier alpha value is -1.93. The minimum Gasteiger partial charge on any atom is -0.386 e. The zero-order valence-corrected chi connectivity index (χ0v) is 14.8. The number of nitriles is 2. The van der Waals surface area contributed by atoms with Gasteiger partial charge in [-0.1, -0.05) is 35.0 Å². The smallest absolute Gasteiger partial charge is 0.294 e. The zero-order chi connectivity index (χ0) is 17.4. The van der Waals surface area contributed by atoms with E-state index in [0.717, 1.165) is 10.0 Å². The molecule has 2 aliphatic heterocycles. The normalized spacial score (nSPS) is 45.4. The summed E-state index contributed by atoms with van der Waals surface area (Å²) in [6.07, 6.45) is -0.226. The minimum atomic E-state index is -1.52. The third kappa shape index (κ3) is 1.26. The third-order valence-electron chi connectivity index (χ3n) is 5.76. The molecule has 0 aromatic heterocycles. The van der Waals surface area contributed by atoms with Crippen molar-refractivity contribution in [3.63, 3.8) is 0 Å². The van der Waals surface area contributed by atoms with Crippen molar-refractivity contribution < 1.29 is 9.47 Å². The van der Waals surface area contributed by atoms with Gasteiger partial charge in [-0.05, 0) is 24.6 Å². The van der Waals surface area contributed by atoms with Crippen LogP contribution < -0.4 is 5.73 Å². The first kappa shape index (κ1) is 15.6. The molecule has 1 aromatic rings. The summed E-state index contributed by atoms with van der Waals surface area (Å²) >= 11 is 3.41. The van der Waals surface area contributed by atoms with Crippen molar-refractivity contribution in [3.05, 3.63) is 34.3 Å². The molecule has 0 bridgehead atoms. The van der Waals surface area contributed by atoms with E-state index >= 15 is 0 Å². The fourth-order valence-corrected chi connectivity index (χ4v) is 4.87. The van der Waals surface area contributed by atoms with Gasteiger partial charge in [0, 0.05) is 9.89 Å². The summed E-state index contributed by atoms with van der Waals surface area (Å²) in [5, 5.41) is 20.2. The molecule has 1 spiro atoms. The predicted octanol–water partition coefficient (Wildman–Crippen LogP) is 2.20. The zero-order valence-electron chi connectivity index (χ0n) is 13.2. The third-order valence-corrected chi connectivity index (χ3v) is 6.29. The number of amidine groups is 1. The molecule has 122 valence electrons. The molecular formula is C17H15BrN4O2. The lowest BCUT2D eigenvalue weighted by Crippen LogP contribution is -2.42. The maximum Gasteiger partial charge on any atom is 0.294 e. The molecule has 5 atom stereocenters. The van der Waals surface area contributed by atoms with E-state index in [1.54, 1.807) is 0 Å². The van der Waals surface area contributed by atoms with Gasteiger partial charge < -0.3 is 15.2 Å². The lowest BCUT2D eigenvalue weighted by molar-refractivity contribution is -0.196. The monoisotopic (exact) mass is 386 g/mol. The maximum absolute atomic E-state index is 10.1. The number of nitrogens with zero attached hydrogens (tertiary/aromatic N) is 3. The molecule has 3 aliphatic rings. The number of benzene rings is 1. The van der Waals surface area contributed by atoms with Crippen molar-refractivity contribution in [3.8, 4) is 12.1 Å². The highest BCUT2D eigenvalue weighted by atomic mass is 79.9. The van der Waals surface area contributed by atoms with E-state index in [2.05, 4.69) is 33.1 Å². The van der Waals surface area contributed by atoms with Crippen LogP contribution in [0, 0.1) is 33.5 Å². The molecular weight excluding hydrogens is 372 g/mol. The molecule has 4 rings (SSSR count). The highest BCUT2D eigenvalue weighted by Gasteiger charge is 3.00. The minimum absolute atomic E-state index is 0.103. The summed E-state index contributed by atoms with van der Waals surface area (Å²) in [5.74, 6) is -1.42. The Morgan fingerprint density at radius 1 is 1.29 bits per heavy atom. The number of hydrogen-bond donors (Lipinski definition) is 1. The number of aliphatic imine (C=N–C) groups is 1. The molecule has 0 radical (unpaired) electrons. The molecule has 1 aliphatic carbocycles. The summed E-state index contributed by atoms with van der Waals surface area (Å²) in [6, 6.07) is 12.1. The largest absolute Gasteiger partial charge is 0.386 e. The molecule has 2 N–H and O–H groups in total. The number of ether oxygens (including phenoxy) is 2. The second-order valence-corrected chi connectivity index (χ2v) is 7.59. The Balaban J connectivity index is 1.98. The van der Waals surface area contributed by atoms with Gasteiger partial charge in [0.25, 0.3) is 5.91 Å². The number of fused-ring (bicyclic) bond motifs is 2. The van der Waals surface area contributed by atoms with Gasteiger partial charge in [0.1, 0.15) is 5.84 Å². The molecule has 1 saturated carbocycles. The van der Waals surface area contributed by atoms with Crippen LogP contribution in [0.4, 0.5) is 0 Å². The second kappa shape index (κ2) is 4.37. The van der Waals surface area contributed by atoms with E-state index in [0.29, 0.717) is 6.61 Å². The standard InChI is InChI=1S/C17H15BrN4O2/c1-10-7-23-17(24-10)16(9-20)14(2,11-3-5-12(18)6-4-11)15(16,8-19)13(21)22-17/h3-6,10H,7H2,1-2H3,(H2,21,22)/t10-,14-,15-,16+,17+/m0/s1. The first-order valence-electron chi connectivity index (χ1n) is 7.61. The van der Waals surface area contributed by atoms with Crippen molar-refractivity contribution in [2.24, 2.45) is 21.6 Å². The topological polar surface area (TPSA) is 104 Å². The quantitative estimate of drug-likeness (QED) is 0.796. The van der Waals surface area contributed by atoms with Gasteiger partial charge in [-0.25, -0.2) is 4.99 Å². The van der Waals surface area contributed by atoms with Crippen LogP contribution in [0.5, 0.6) is 0 Å². The Bertz CT molecular complexity index is 857. The Labute approximate surface area is 148 Å². The van der Waals surface area contributed by atoms with Crippen LogP contribution >= 0.6 is 15.9 Å². The van der Waals surface area contributed by atoms with Crippen LogP contribution in [0.1, 0.15) is 19.4 Å². The fraction of sp³-hybridized carbons (Fsp3) is 0.471. The number of hydrogen-bond acceptors (Lipinski definition) is 6. The van der Waals surface area contributed by atoms with Gasteiger partial charge in [-0.3, -0.25) is 0 Å². The molecule has 2 fully saturated rings. The molecule has 1 saturated heterocycles. The first-order chi connectivity index (χ1) is 11.3. The van der Waals surface area contributed by atoms with Gasteiger partial charge in [0.05, 0.1) is 24.8 Å². The van der Waals surface area contributed by atoms with Gasteiger partial charge in [-0.15, -0.1) is 0 Å². The SMILES string of the molecule is C[C@H]1CO[C@@]2(N=C(N)[C@@]3(C#N)[C@](C)(c4ccc(Br)cc4)[C@@]23C#N)O1. The van der Waals surface area contributed by atoms with Crippen molar-refractivity contribution in [1.82, 2.24) is 0 Å². The van der Waals surface area contributed by atoms with E-state index < -0.39 is 22.2 Å². The summed E-state index contributed by atoms with van der Waals surface area (Å²) < 4.78 is 12.7. The average molecular weight is 387 g/mol. The molecule has 0 amide bonds. The lowest BCUT2D eigenvalue weighted by atomic mass is 9.85. The van der Waals surface area contributed by atoms with E-state index in [1.807, 2.05) is 38.1 Å². The van der Waals surface area contributed by atoms with Crippen LogP contribution in [-0.4, -0.2) is 24.5 Å². The second-order valence-electron chi connectivity index (χ2n) is 6.67. The predicted molar refractivity (Wildman–Crippen MR) is 88.4 cm³/mol. The molecule has 6 nitrogen and oxygen atoms in total. The number of halogens is 1. The molecule has 7 heteroatoms. The van der Waals surface area contributed by atoms with Gasteiger partial charge in [0.2, 0.25) is 0 Å². The summed E-state index contributed by atoms with van der Waals surface area (Å²) in [4.78, 5) is 4.32. The Kier molecular flexibility index (Phi) is 2.84. The van der Waals surface area contributed by atoms with Crippen LogP contribution in [0.3, 0.4) is 0 Å². The average Bonchev–Trinajstić information content (AvgIpc) is 2.75. The van der Waals surface area contributed by atoms with Crippen molar-refractivity contribution in [1.29, 1.82) is 10.5 Å². The molecule has 0 unspecified atom stereocenters. The Morgan fingerprint density at radius 2 is 1.96 bits per heavy atom. The maximum atomic E-state index is 10.1. The van der Waals surface area contributed by atoms with Gasteiger partial charge in [-0.2, -0.15) is 10.5 Å². The number of rotatable bonds is 1. The summed E-state index contributed by atoms with van der Waals surface area (Å²) in [7, 11) is 0. The van der Waals surface area contributed by atoms with E-state index in [1.165, 1.54) is 0 Å². The van der Waals surface area contributed by atoms with Crippen molar-refractivity contribution in [2.75, 3.05) is 6.61 Å². The highest BCUT2D eigenvalue weighted by molar-refractivity contribution is 9.10. The number of nitrogens with two attached hydrogens (primary N) is 1. The van der Waals surface area contributed by atoms with Gasteiger partial charge >= 0.3 is 0 Å². The van der Waals surface area contributed by atoms with Crippen LogP contribution in [0.15, 0.2) is 33.7 Å². The summed E-state index contributed by atoms with van der Waals surface area (Å²) in [6.45, 7) is 4.01. The van der Waals surface area contributed by atoms with Crippen molar-refractivity contribution >= 4 is 21.8 Å².